The van der Waals surface area contributed by atoms with E-state index in [9.17, 15) is 13.2 Å². The summed E-state index contributed by atoms with van der Waals surface area (Å²) < 4.78 is 26.8. The summed E-state index contributed by atoms with van der Waals surface area (Å²) in [6.07, 6.45) is 4.84. The topological polar surface area (TPSA) is 72.3 Å². The summed E-state index contributed by atoms with van der Waals surface area (Å²) in [6.45, 7) is 3.36. The third-order valence-corrected chi connectivity index (χ3v) is 6.44. The molecular formula is C18H25N3O3S. The van der Waals surface area contributed by atoms with Gasteiger partial charge < -0.3 is 9.47 Å². The van der Waals surface area contributed by atoms with Gasteiger partial charge in [-0.2, -0.15) is 0 Å². The SMILES string of the molecule is CCCS(=O)(=O)c1nc2ccccc2n1CC(=O)N1CCCCCC1. The molecule has 1 aromatic heterocycles. The Morgan fingerprint density at radius 3 is 2.48 bits per heavy atom. The quantitative estimate of drug-likeness (QED) is 0.819. The molecule has 1 aliphatic rings. The molecule has 1 aromatic carbocycles. The van der Waals surface area contributed by atoms with Crippen LogP contribution in [0.15, 0.2) is 29.4 Å². The minimum atomic E-state index is -3.51. The van der Waals surface area contributed by atoms with E-state index in [0.717, 1.165) is 38.8 Å². The summed E-state index contributed by atoms with van der Waals surface area (Å²) in [5.41, 5.74) is 1.31. The smallest absolute Gasteiger partial charge is 0.242 e. The van der Waals surface area contributed by atoms with E-state index in [1.165, 1.54) is 0 Å². The highest BCUT2D eigenvalue weighted by Gasteiger charge is 2.25. The number of benzene rings is 1. The van der Waals surface area contributed by atoms with Gasteiger partial charge in [-0.05, 0) is 31.4 Å². The van der Waals surface area contributed by atoms with E-state index >= 15 is 0 Å². The average molecular weight is 363 g/mol. The summed E-state index contributed by atoms with van der Waals surface area (Å²) in [4.78, 5) is 19.0. The lowest BCUT2D eigenvalue weighted by Crippen LogP contribution is -2.35. The van der Waals surface area contributed by atoms with Crippen LogP contribution in [0, 0.1) is 0 Å². The first-order valence-corrected chi connectivity index (χ1v) is 10.6. The molecule has 0 spiro atoms. The first kappa shape index (κ1) is 17.9. The van der Waals surface area contributed by atoms with Gasteiger partial charge in [0, 0.05) is 13.1 Å². The molecule has 0 bridgehead atoms. The van der Waals surface area contributed by atoms with E-state index < -0.39 is 9.84 Å². The minimum absolute atomic E-state index is 0.0127. The fourth-order valence-electron chi connectivity index (χ4n) is 3.36. The van der Waals surface area contributed by atoms with Crippen LogP contribution >= 0.6 is 0 Å². The maximum absolute atomic E-state index is 12.8. The summed E-state index contributed by atoms with van der Waals surface area (Å²) in [6, 6.07) is 7.27. The molecule has 0 saturated carbocycles. The number of hydrogen-bond acceptors (Lipinski definition) is 4. The zero-order valence-corrected chi connectivity index (χ0v) is 15.5. The molecular weight excluding hydrogens is 338 g/mol. The highest BCUT2D eigenvalue weighted by molar-refractivity contribution is 7.91. The molecule has 136 valence electrons. The summed E-state index contributed by atoms with van der Waals surface area (Å²) in [5.74, 6) is 0.00631. The molecule has 0 aliphatic carbocycles. The van der Waals surface area contributed by atoms with Gasteiger partial charge in [0.2, 0.25) is 20.9 Å². The summed E-state index contributed by atoms with van der Waals surface area (Å²) in [7, 11) is -3.51. The molecule has 2 aromatic rings. The number of hydrogen-bond donors (Lipinski definition) is 0. The second-order valence-corrected chi connectivity index (χ2v) is 8.59. The number of sulfone groups is 1. The van der Waals surface area contributed by atoms with Crippen LogP contribution in [0.2, 0.25) is 0 Å². The van der Waals surface area contributed by atoms with Crippen LogP contribution in [0.3, 0.4) is 0 Å². The van der Waals surface area contributed by atoms with Gasteiger partial charge in [0.25, 0.3) is 0 Å². The van der Waals surface area contributed by atoms with Crippen molar-refractivity contribution in [1.29, 1.82) is 0 Å². The molecule has 6 nitrogen and oxygen atoms in total. The van der Waals surface area contributed by atoms with Crippen molar-refractivity contribution in [2.45, 2.75) is 50.7 Å². The number of imidazole rings is 1. The van der Waals surface area contributed by atoms with Crippen LogP contribution in [-0.4, -0.2) is 47.6 Å². The number of aromatic nitrogens is 2. The van der Waals surface area contributed by atoms with Gasteiger partial charge in [0.05, 0.1) is 16.8 Å². The molecule has 0 atom stereocenters. The van der Waals surface area contributed by atoms with Crippen molar-refractivity contribution in [2.24, 2.45) is 0 Å². The molecule has 1 saturated heterocycles. The lowest BCUT2D eigenvalue weighted by Gasteiger charge is -2.21. The first-order chi connectivity index (χ1) is 12.0. The van der Waals surface area contributed by atoms with Crippen molar-refractivity contribution in [3.8, 4) is 0 Å². The fraction of sp³-hybridized carbons (Fsp3) is 0.556. The zero-order valence-electron chi connectivity index (χ0n) is 14.6. The van der Waals surface area contributed by atoms with E-state index in [0.29, 0.717) is 17.5 Å². The molecule has 25 heavy (non-hydrogen) atoms. The largest absolute Gasteiger partial charge is 0.341 e. The van der Waals surface area contributed by atoms with Crippen LogP contribution < -0.4 is 0 Å². The van der Waals surface area contributed by atoms with Crippen LogP contribution in [-0.2, 0) is 21.2 Å². The Hall–Kier alpha value is -1.89. The Balaban J connectivity index is 1.97. The number of rotatable bonds is 5. The van der Waals surface area contributed by atoms with Crippen LogP contribution in [0.5, 0.6) is 0 Å². The zero-order chi connectivity index (χ0) is 17.9. The average Bonchev–Trinajstić information content (AvgIpc) is 2.77. The molecule has 1 amide bonds. The van der Waals surface area contributed by atoms with Gasteiger partial charge >= 0.3 is 0 Å². The Labute approximate surface area is 148 Å². The summed E-state index contributed by atoms with van der Waals surface area (Å²) in [5, 5.41) is 0.0127. The number of para-hydroxylation sites is 2. The molecule has 7 heteroatoms. The standard InChI is InChI=1S/C18H25N3O3S/c1-2-13-25(23,24)18-19-15-9-5-6-10-16(15)21(18)14-17(22)20-11-7-3-4-8-12-20/h5-6,9-10H,2-4,7-8,11-14H2,1H3. The van der Waals surface area contributed by atoms with Crippen LogP contribution in [0.4, 0.5) is 0 Å². The number of nitrogens with zero attached hydrogens (tertiary/aromatic N) is 3. The second-order valence-electron chi connectivity index (χ2n) is 6.58. The Morgan fingerprint density at radius 1 is 1.12 bits per heavy atom. The van der Waals surface area contributed by atoms with Crippen molar-refractivity contribution in [3.63, 3.8) is 0 Å². The summed E-state index contributed by atoms with van der Waals surface area (Å²) >= 11 is 0. The molecule has 3 rings (SSSR count). The van der Waals surface area contributed by atoms with Crippen LogP contribution in [0.1, 0.15) is 39.0 Å². The molecule has 2 heterocycles. The Morgan fingerprint density at radius 2 is 1.80 bits per heavy atom. The monoisotopic (exact) mass is 363 g/mol. The van der Waals surface area contributed by atoms with E-state index in [-0.39, 0.29) is 23.4 Å². The lowest BCUT2D eigenvalue weighted by atomic mass is 10.2. The third-order valence-electron chi connectivity index (χ3n) is 4.62. The number of amides is 1. The van der Waals surface area contributed by atoms with E-state index in [4.69, 9.17) is 0 Å². The number of carbonyl (C=O) groups is 1. The van der Waals surface area contributed by atoms with E-state index in [2.05, 4.69) is 4.98 Å². The maximum atomic E-state index is 12.8. The predicted octanol–water partition coefficient (Wildman–Crippen LogP) is 2.62. The van der Waals surface area contributed by atoms with E-state index in [1.54, 1.807) is 10.6 Å². The molecule has 1 aliphatic heterocycles. The van der Waals surface area contributed by atoms with E-state index in [1.807, 2.05) is 30.0 Å². The predicted molar refractivity (Wildman–Crippen MR) is 97.1 cm³/mol. The third kappa shape index (κ3) is 3.86. The number of likely N-dealkylation sites (tertiary alicyclic amines) is 1. The molecule has 1 fully saturated rings. The highest BCUT2D eigenvalue weighted by Crippen LogP contribution is 2.21. The molecule has 0 N–H and O–H groups in total. The van der Waals surface area contributed by atoms with Crippen molar-refractivity contribution in [2.75, 3.05) is 18.8 Å². The normalized spacial score (nSPS) is 16.1. The van der Waals surface area contributed by atoms with Gasteiger partial charge in [-0.1, -0.05) is 31.9 Å². The van der Waals surface area contributed by atoms with Gasteiger partial charge in [0.1, 0.15) is 6.54 Å². The Bertz CT molecular complexity index is 850. The number of carbonyl (C=O) groups excluding carboxylic acids is 1. The second kappa shape index (κ2) is 7.56. The van der Waals surface area contributed by atoms with Crippen LogP contribution in [0.25, 0.3) is 11.0 Å². The number of fused-ring (bicyclic) bond motifs is 1. The molecule has 0 radical (unpaired) electrons. The van der Waals surface area contributed by atoms with Gasteiger partial charge in [-0.15, -0.1) is 0 Å². The van der Waals surface area contributed by atoms with Crippen molar-refractivity contribution < 1.29 is 13.2 Å². The minimum Gasteiger partial charge on any atom is -0.341 e. The highest BCUT2D eigenvalue weighted by atomic mass is 32.2. The first-order valence-electron chi connectivity index (χ1n) is 8.98. The van der Waals surface area contributed by atoms with Crippen molar-refractivity contribution in [1.82, 2.24) is 14.5 Å². The van der Waals surface area contributed by atoms with Crippen molar-refractivity contribution >= 4 is 26.8 Å². The maximum Gasteiger partial charge on any atom is 0.242 e. The van der Waals surface area contributed by atoms with Gasteiger partial charge in [0.15, 0.2) is 0 Å². The fourth-order valence-corrected chi connectivity index (χ4v) is 4.82. The molecule has 0 unspecified atom stereocenters. The van der Waals surface area contributed by atoms with Crippen molar-refractivity contribution in [3.05, 3.63) is 24.3 Å². The van der Waals surface area contributed by atoms with Gasteiger partial charge in [-0.3, -0.25) is 4.79 Å². The lowest BCUT2D eigenvalue weighted by molar-refractivity contribution is -0.131. The Kier molecular flexibility index (Phi) is 5.42. The van der Waals surface area contributed by atoms with Gasteiger partial charge in [-0.25, -0.2) is 13.4 Å².